The summed E-state index contributed by atoms with van der Waals surface area (Å²) >= 11 is 0. The van der Waals surface area contributed by atoms with Gasteiger partial charge in [-0.3, -0.25) is 4.79 Å². The van der Waals surface area contributed by atoms with Crippen LogP contribution in [0.4, 0.5) is 5.69 Å². The molecule has 5 nitrogen and oxygen atoms in total. The van der Waals surface area contributed by atoms with E-state index in [0.29, 0.717) is 28.4 Å². The summed E-state index contributed by atoms with van der Waals surface area (Å²) in [5.41, 5.74) is 6.96. The van der Waals surface area contributed by atoms with Crippen LogP contribution in [0.15, 0.2) is 36.4 Å². The van der Waals surface area contributed by atoms with Crippen LogP contribution >= 0.6 is 0 Å². The molecule has 2 N–H and O–H groups in total. The van der Waals surface area contributed by atoms with Crippen molar-refractivity contribution in [2.45, 2.75) is 0 Å². The van der Waals surface area contributed by atoms with Gasteiger partial charge in [-0.1, -0.05) is 12.1 Å². The maximum Gasteiger partial charge on any atom is 0.202 e. The van der Waals surface area contributed by atoms with Gasteiger partial charge in [0.2, 0.25) is 5.78 Å². The Hall–Kier alpha value is -2.69. The van der Waals surface area contributed by atoms with E-state index in [1.807, 2.05) is 0 Å². The molecule has 2 aromatic rings. The van der Waals surface area contributed by atoms with Crippen LogP contribution in [0.25, 0.3) is 0 Å². The summed E-state index contributed by atoms with van der Waals surface area (Å²) < 4.78 is 15.7. The largest absolute Gasteiger partial charge is 0.496 e. The molecule has 0 fully saturated rings. The third-order valence-electron chi connectivity index (χ3n) is 3.19. The van der Waals surface area contributed by atoms with E-state index in [2.05, 4.69) is 0 Å². The number of ketones is 1. The zero-order valence-electron chi connectivity index (χ0n) is 12.2. The van der Waals surface area contributed by atoms with Gasteiger partial charge in [0, 0.05) is 5.56 Å². The third kappa shape index (κ3) is 2.63. The van der Waals surface area contributed by atoms with E-state index in [1.54, 1.807) is 36.4 Å². The first-order chi connectivity index (χ1) is 10.1. The summed E-state index contributed by atoms with van der Waals surface area (Å²) in [6.07, 6.45) is 0. The van der Waals surface area contributed by atoms with Crippen molar-refractivity contribution in [3.63, 3.8) is 0 Å². The normalized spacial score (nSPS) is 10.0. The van der Waals surface area contributed by atoms with E-state index in [0.717, 1.165) is 0 Å². The number of benzene rings is 2. The molecule has 0 amide bonds. The van der Waals surface area contributed by atoms with Gasteiger partial charge in [0.05, 0.1) is 27.0 Å². The van der Waals surface area contributed by atoms with Gasteiger partial charge in [-0.05, 0) is 24.3 Å². The van der Waals surface area contributed by atoms with Crippen LogP contribution < -0.4 is 19.9 Å². The minimum Gasteiger partial charge on any atom is -0.496 e. The molecule has 0 spiro atoms. The molecule has 0 unspecified atom stereocenters. The Bertz CT molecular complexity index is 645. The second-order valence-electron chi connectivity index (χ2n) is 4.29. The van der Waals surface area contributed by atoms with Gasteiger partial charge in [0.1, 0.15) is 22.8 Å². The van der Waals surface area contributed by atoms with Crippen LogP contribution in [0.1, 0.15) is 15.9 Å². The van der Waals surface area contributed by atoms with Gasteiger partial charge < -0.3 is 19.9 Å². The first-order valence-electron chi connectivity index (χ1n) is 6.32. The molecule has 2 rings (SSSR count). The number of methoxy groups -OCH3 is 3. The Balaban J connectivity index is 2.60. The van der Waals surface area contributed by atoms with Crippen molar-refractivity contribution in [3.8, 4) is 17.2 Å². The Morgan fingerprint density at radius 2 is 1.33 bits per heavy atom. The Morgan fingerprint density at radius 1 is 0.857 bits per heavy atom. The first kappa shape index (κ1) is 14.7. The summed E-state index contributed by atoms with van der Waals surface area (Å²) in [6, 6.07) is 10.2. The molecule has 2 aromatic carbocycles. The number of anilines is 1. The summed E-state index contributed by atoms with van der Waals surface area (Å²) in [6.45, 7) is 0. The van der Waals surface area contributed by atoms with Crippen LogP contribution in [0.3, 0.4) is 0 Å². The van der Waals surface area contributed by atoms with Crippen molar-refractivity contribution in [1.82, 2.24) is 0 Å². The minimum atomic E-state index is -0.277. The standard InChI is InChI=1S/C16H17NO4/c1-19-11-7-5-8-12(20-2)14(11)16(18)10-6-4-9-13(21-3)15(10)17/h4-9H,17H2,1-3H3. The molecule has 21 heavy (non-hydrogen) atoms. The van der Waals surface area contributed by atoms with Crippen LogP contribution in [0.2, 0.25) is 0 Å². The molecule has 0 saturated carbocycles. The average molecular weight is 287 g/mol. The van der Waals surface area contributed by atoms with Crippen molar-refractivity contribution < 1.29 is 19.0 Å². The van der Waals surface area contributed by atoms with E-state index >= 15 is 0 Å². The fourth-order valence-electron chi connectivity index (χ4n) is 2.13. The second-order valence-corrected chi connectivity index (χ2v) is 4.29. The zero-order valence-corrected chi connectivity index (χ0v) is 12.2. The van der Waals surface area contributed by atoms with Crippen LogP contribution in [-0.4, -0.2) is 27.1 Å². The molecule has 0 atom stereocenters. The predicted octanol–water partition coefficient (Wildman–Crippen LogP) is 2.53. The number of hydrogen-bond acceptors (Lipinski definition) is 5. The quantitative estimate of drug-likeness (QED) is 0.676. The second kappa shape index (κ2) is 6.17. The van der Waals surface area contributed by atoms with Crippen molar-refractivity contribution in [2.75, 3.05) is 27.1 Å². The molecule has 5 heteroatoms. The number of carbonyl (C=O) groups excluding carboxylic acids is 1. The van der Waals surface area contributed by atoms with E-state index in [-0.39, 0.29) is 11.5 Å². The van der Waals surface area contributed by atoms with Gasteiger partial charge in [0.15, 0.2) is 0 Å². The van der Waals surface area contributed by atoms with Crippen molar-refractivity contribution in [1.29, 1.82) is 0 Å². The fraction of sp³-hybridized carbons (Fsp3) is 0.188. The molecule has 0 radical (unpaired) electrons. The molecule has 0 heterocycles. The van der Waals surface area contributed by atoms with Gasteiger partial charge in [-0.15, -0.1) is 0 Å². The monoisotopic (exact) mass is 287 g/mol. The highest BCUT2D eigenvalue weighted by molar-refractivity contribution is 6.15. The zero-order chi connectivity index (χ0) is 15.4. The number of carbonyl (C=O) groups is 1. The molecule has 0 bridgehead atoms. The number of para-hydroxylation sites is 1. The number of nitrogen functional groups attached to an aromatic ring is 1. The lowest BCUT2D eigenvalue weighted by atomic mass is 9.99. The van der Waals surface area contributed by atoms with E-state index in [4.69, 9.17) is 19.9 Å². The van der Waals surface area contributed by atoms with Gasteiger partial charge >= 0.3 is 0 Å². The minimum absolute atomic E-state index is 0.277. The van der Waals surface area contributed by atoms with Crippen LogP contribution in [0, 0.1) is 0 Å². The molecular formula is C16H17NO4. The SMILES string of the molecule is COc1cccc(C(=O)c2c(OC)cccc2OC)c1N. The van der Waals surface area contributed by atoms with Gasteiger partial charge in [-0.25, -0.2) is 0 Å². The molecule has 0 saturated heterocycles. The Labute approximate surface area is 123 Å². The highest BCUT2D eigenvalue weighted by Gasteiger charge is 2.22. The molecule has 110 valence electrons. The number of rotatable bonds is 5. The molecule has 0 aliphatic heterocycles. The topological polar surface area (TPSA) is 70.8 Å². The van der Waals surface area contributed by atoms with E-state index in [9.17, 15) is 4.79 Å². The van der Waals surface area contributed by atoms with Crippen LogP contribution in [-0.2, 0) is 0 Å². The summed E-state index contributed by atoms with van der Waals surface area (Å²) in [7, 11) is 4.50. The van der Waals surface area contributed by atoms with Crippen LogP contribution in [0.5, 0.6) is 17.2 Å². The smallest absolute Gasteiger partial charge is 0.202 e. The number of hydrogen-bond donors (Lipinski definition) is 1. The van der Waals surface area contributed by atoms with Crippen molar-refractivity contribution in [2.24, 2.45) is 0 Å². The van der Waals surface area contributed by atoms with Crippen molar-refractivity contribution in [3.05, 3.63) is 47.5 Å². The summed E-state index contributed by atoms with van der Waals surface area (Å²) in [4.78, 5) is 12.8. The summed E-state index contributed by atoms with van der Waals surface area (Å²) in [5, 5.41) is 0. The number of nitrogens with two attached hydrogens (primary N) is 1. The lowest BCUT2D eigenvalue weighted by molar-refractivity contribution is 0.103. The lowest BCUT2D eigenvalue weighted by Crippen LogP contribution is -2.09. The average Bonchev–Trinajstić information content (AvgIpc) is 2.53. The predicted molar refractivity (Wildman–Crippen MR) is 80.4 cm³/mol. The van der Waals surface area contributed by atoms with Crippen molar-refractivity contribution >= 4 is 11.5 Å². The van der Waals surface area contributed by atoms with E-state index in [1.165, 1.54) is 21.3 Å². The lowest BCUT2D eigenvalue weighted by Gasteiger charge is -2.14. The first-order valence-corrected chi connectivity index (χ1v) is 6.32. The highest BCUT2D eigenvalue weighted by atomic mass is 16.5. The van der Waals surface area contributed by atoms with Gasteiger partial charge in [0.25, 0.3) is 0 Å². The van der Waals surface area contributed by atoms with Gasteiger partial charge in [-0.2, -0.15) is 0 Å². The fourth-order valence-corrected chi connectivity index (χ4v) is 2.13. The third-order valence-corrected chi connectivity index (χ3v) is 3.19. The molecule has 0 aromatic heterocycles. The maximum atomic E-state index is 12.8. The molecular weight excluding hydrogens is 270 g/mol. The molecule has 0 aliphatic carbocycles. The molecule has 0 aliphatic rings. The summed E-state index contributed by atoms with van der Waals surface area (Å²) in [5.74, 6) is 1.04. The maximum absolute atomic E-state index is 12.8. The Kier molecular flexibility index (Phi) is 4.33. The Morgan fingerprint density at radius 3 is 1.86 bits per heavy atom. The number of ether oxygens (including phenoxy) is 3. The van der Waals surface area contributed by atoms with E-state index < -0.39 is 0 Å². The highest BCUT2D eigenvalue weighted by Crippen LogP contribution is 2.34.